The van der Waals surface area contributed by atoms with Gasteiger partial charge in [0, 0.05) is 0 Å². The molecule has 2 aromatic rings. The van der Waals surface area contributed by atoms with Gasteiger partial charge >= 0.3 is 0 Å². The van der Waals surface area contributed by atoms with Crippen LogP contribution in [0, 0.1) is 20.8 Å². The summed E-state index contributed by atoms with van der Waals surface area (Å²) in [6.45, 7) is 11.5. The molecule has 0 saturated carbocycles. The van der Waals surface area contributed by atoms with E-state index < -0.39 is 10.0 Å². The van der Waals surface area contributed by atoms with Gasteiger partial charge in [-0.3, -0.25) is 9.10 Å². The molecule has 170 valence electrons. The van der Waals surface area contributed by atoms with Crippen molar-refractivity contribution in [1.82, 2.24) is 5.32 Å². The number of hydrogen-bond acceptors (Lipinski definition) is 4. The Morgan fingerprint density at radius 1 is 1.03 bits per heavy atom. The minimum absolute atomic E-state index is 0.266. The molecule has 0 fully saturated rings. The predicted molar refractivity (Wildman–Crippen MR) is 126 cm³/mol. The van der Waals surface area contributed by atoms with E-state index in [1.54, 1.807) is 13.2 Å². The van der Waals surface area contributed by atoms with Crippen molar-refractivity contribution in [1.29, 1.82) is 0 Å². The second kappa shape index (κ2) is 9.73. The molecule has 0 aliphatic heterocycles. The number of benzene rings is 2. The van der Waals surface area contributed by atoms with Crippen LogP contribution in [0.1, 0.15) is 60.5 Å². The molecule has 2 aromatic carbocycles. The summed E-state index contributed by atoms with van der Waals surface area (Å²) in [5, 5.41) is 2.96. The van der Waals surface area contributed by atoms with Gasteiger partial charge in [0.2, 0.25) is 15.9 Å². The number of carbonyl (C=O) groups is 1. The highest BCUT2D eigenvalue weighted by Crippen LogP contribution is 2.32. The van der Waals surface area contributed by atoms with Crippen LogP contribution >= 0.6 is 0 Å². The normalized spacial score (nSPS) is 12.5. The lowest BCUT2D eigenvalue weighted by molar-refractivity contribution is -0.120. The van der Waals surface area contributed by atoms with E-state index in [1.165, 1.54) is 0 Å². The lowest BCUT2D eigenvalue weighted by Crippen LogP contribution is -2.41. The fourth-order valence-corrected chi connectivity index (χ4v) is 4.58. The van der Waals surface area contributed by atoms with E-state index in [0.29, 0.717) is 5.69 Å². The Labute approximate surface area is 186 Å². The third-order valence-corrected chi connectivity index (χ3v) is 6.53. The zero-order valence-electron chi connectivity index (χ0n) is 19.7. The van der Waals surface area contributed by atoms with Crippen molar-refractivity contribution in [3.8, 4) is 5.75 Å². The van der Waals surface area contributed by atoms with Crippen LogP contribution in [-0.4, -0.2) is 34.2 Å². The molecule has 0 aliphatic carbocycles. The topological polar surface area (TPSA) is 75.7 Å². The first-order chi connectivity index (χ1) is 14.3. The number of nitrogens with zero attached hydrogens (tertiary/aromatic N) is 1. The van der Waals surface area contributed by atoms with Gasteiger partial charge in [-0.2, -0.15) is 0 Å². The number of aryl methyl sites for hydroxylation is 3. The Morgan fingerprint density at radius 3 is 2.23 bits per heavy atom. The molecule has 6 nitrogen and oxygen atoms in total. The Morgan fingerprint density at radius 2 is 1.68 bits per heavy atom. The Balaban J connectivity index is 2.29. The number of carbonyl (C=O) groups excluding carboxylic acids is 1. The highest BCUT2D eigenvalue weighted by atomic mass is 32.2. The third kappa shape index (κ3) is 6.00. The molecule has 0 bridgehead atoms. The summed E-state index contributed by atoms with van der Waals surface area (Å²) in [4.78, 5) is 12.9. The van der Waals surface area contributed by atoms with Gasteiger partial charge in [-0.25, -0.2) is 8.42 Å². The lowest BCUT2D eigenvalue weighted by Gasteiger charge is -2.26. The lowest BCUT2D eigenvalue weighted by atomic mass is 9.93. The van der Waals surface area contributed by atoms with Gasteiger partial charge in [0.1, 0.15) is 12.3 Å². The molecule has 0 radical (unpaired) electrons. The molecule has 2 rings (SSSR count). The van der Waals surface area contributed by atoms with Gasteiger partial charge in [-0.05, 0) is 79.6 Å². The number of sulfonamides is 1. The Bertz CT molecular complexity index is 1060. The largest absolute Gasteiger partial charge is 0.496 e. The highest BCUT2D eigenvalue weighted by molar-refractivity contribution is 7.92. The van der Waals surface area contributed by atoms with Crippen LogP contribution in [0.4, 0.5) is 5.69 Å². The molecule has 1 N–H and O–H groups in total. The fraction of sp³-hybridized carbons (Fsp3) is 0.458. The van der Waals surface area contributed by atoms with Crippen molar-refractivity contribution in [2.24, 2.45) is 0 Å². The molecule has 0 spiro atoms. The predicted octanol–water partition coefficient (Wildman–Crippen LogP) is 4.39. The van der Waals surface area contributed by atoms with Crippen molar-refractivity contribution in [2.45, 2.75) is 53.5 Å². The van der Waals surface area contributed by atoms with Crippen LogP contribution in [0.2, 0.25) is 0 Å². The van der Waals surface area contributed by atoms with E-state index >= 15 is 0 Å². The summed E-state index contributed by atoms with van der Waals surface area (Å²) < 4.78 is 31.6. The summed E-state index contributed by atoms with van der Waals surface area (Å²) >= 11 is 0. The van der Waals surface area contributed by atoms with Crippen LogP contribution in [0.5, 0.6) is 5.75 Å². The quantitative estimate of drug-likeness (QED) is 0.653. The molecule has 1 amide bonds. The minimum atomic E-state index is -3.63. The molecular formula is C24H34N2O4S. The van der Waals surface area contributed by atoms with Crippen LogP contribution in [0.15, 0.2) is 30.3 Å². The monoisotopic (exact) mass is 446 g/mol. The number of anilines is 1. The zero-order chi connectivity index (χ0) is 23.5. The second-order valence-corrected chi connectivity index (χ2v) is 10.4. The molecular weight excluding hydrogens is 412 g/mol. The van der Waals surface area contributed by atoms with Crippen molar-refractivity contribution < 1.29 is 17.9 Å². The fourth-order valence-electron chi connectivity index (χ4n) is 3.67. The standard InChI is InChI=1S/C24H34N2O4S/c1-15(2)20-13-21(18(5)12-23(20)30-7)19(6)25-24(27)14-26(31(8,28)29)22-11-16(3)9-10-17(22)4/h9-13,15,19H,14H2,1-8H3,(H,25,27)/t19-/m0/s1. The number of ether oxygens (including phenoxy) is 1. The van der Waals surface area contributed by atoms with Gasteiger partial charge in [0.05, 0.1) is 25.1 Å². The number of rotatable bonds is 8. The number of nitrogens with one attached hydrogen (secondary N) is 1. The Hall–Kier alpha value is -2.54. The molecule has 0 aromatic heterocycles. The number of methoxy groups -OCH3 is 1. The first kappa shape index (κ1) is 24.7. The van der Waals surface area contributed by atoms with Gasteiger partial charge in [0.25, 0.3) is 0 Å². The van der Waals surface area contributed by atoms with E-state index in [9.17, 15) is 13.2 Å². The van der Waals surface area contributed by atoms with Gasteiger partial charge < -0.3 is 10.1 Å². The number of amides is 1. The van der Waals surface area contributed by atoms with Gasteiger partial charge in [-0.1, -0.05) is 26.0 Å². The summed E-state index contributed by atoms with van der Waals surface area (Å²) in [5.41, 5.74) is 5.30. The summed E-state index contributed by atoms with van der Waals surface area (Å²) in [7, 11) is -1.98. The van der Waals surface area contributed by atoms with Crippen molar-refractivity contribution in [3.05, 3.63) is 58.1 Å². The summed E-state index contributed by atoms with van der Waals surface area (Å²) in [5.74, 6) is 0.732. The number of hydrogen-bond donors (Lipinski definition) is 1. The molecule has 0 aliphatic rings. The van der Waals surface area contributed by atoms with E-state index in [-0.39, 0.29) is 24.4 Å². The van der Waals surface area contributed by atoms with Gasteiger partial charge in [0.15, 0.2) is 0 Å². The summed E-state index contributed by atoms with van der Waals surface area (Å²) in [6, 6.07) is 9.32. The molecule has 1 atom stereocenters. The third-order valence-electron chi connectivity index (χ3n) is 5.41. The Kier molecular flexibility index (Phi) is 7.76. The maximum atomic E-state index is 12.9. The summed E-state index contributed by atoms with van der Waals surface area (Å²) in [6.07, 6.45) is 1.12. The highest BCUT2D eigenvalue weighted by Gasteiger charge is 2.24. The average molecular weight is 447 g/mol. The minimum Gasteiger partial charge on any atom is -0.496 e. The van der Waals surface area contributed by atoms with Crippen LogP contribution in [0.3, 0.4) is 0 Å². The molecule has 0 saturated heterocycles. The molecule has 31 heavy (non-hydrogen) atoms. The van der Waals surface area contributed by atoms with Crippen LogP contribution in [-0.2, 0) is 14.8 Å². The first-order valence-corrected chi connectivity index (χ1v) is 12.2. The van der Waals surface area contributed by atoms with E-state index in [4.69, 9.17) is 4.74 Å². The zero-order valence-corrected chi connectivity index (χ0v) is 20.6. The van der Waals surface area contributed by atoms with Crippen molar-refractivity contribution >= 4 is 21.6 Å². The van der Waals surface area contributed by atoms with Crippen molar-refractivity contribution in [2.75, 3.05) is 24.2 Å². The van der Waals surface area contributed by atoms with Crippen molar-refractivity contribution in [3.63, 3.8) is 0 Å². The van der Waals surface area contributed by atoms with E-state index in [0.717, 1.165) is 44.1 Å². The average Bonchev–Trinajstić information content (AvgIpc) is 2.66. The molecule has 0 heterocycles. The molecule has 7 heteroatoms. The first-order valence-electron chi connectivity index (χ1n) is 10.4. The second-order valence-electron chi connectivity index (χ2n) is 8.45. The smallest absolute Gasteiger partial charge is 0.241 e. The van der Waals surface area contributed by atoms with Crippen LogP contribution < -0.4 is 14.4 Å². The maximum Gasteiger partial charge on any atom is 0.241 e. The van der Waals surface area contributed by atoms with E-state index in [1.807, 2.05) is 45.9 Å². The maximum absolute atomic E-state index is 12.9. The van der Waals surface area contributed by atoms with E-state index in [2.05, 4.69) is 25.2 Å². The van der Waals surface area contributed by atoms with Crippen LogP contribution in [0.25, 0.3) is 0 Å². The SMILES string of the molecule is COc1cc(C)c([C@H](C)NC(=O)CN(c2cc(C)ccc2C)S(C)(=O)=O)cc1C(C)C. The molecule has 0 unspecified atom stereocenters. The van der Waals surface area contributed by atoms with Gasteiger partial charge in [-0.15, -0.1) is 0 Å².